The summed E-state index contributed by atoms with van der Waals surface area (Å²) in [5.41, 5.74) is 6.48. The quantitative estimate of drug-likeness (QED) is 0.846. The molecule has 0 spiro atoms. The standard InChI is InChI=1S/C11H13ClFNO/c12-9-3-1-2-8(10(9)13)11(14)7-4-5-15-6-7/h1-3,7,11H,4-6,14H2. The van der Waals surface area contributed by atoms with Crippen molar-refractivity contribution in [2.24, 2.45) is 11.7 Å². The van der Waals surface area contributed by atoms with Gasteiger partial charge in [0.1, 0.15) is 5.82 Å². The Hall–Kier alpha value is -0.640. The SMILES string of the molecule is NC(c1cccc(Cl)c1F)C1CCOC1. The molecule has 2 N–H and O–H groups in total. The highest BCUT2D eigenvalue weighted by Gasteiger charge is 2.26. The van der Waals surface area contributed by atoms with Crippen LogP contribution in [0.5, 0.6) is 0 Å². The molecule has 1 aliphatic heterocycles. The van der Waals surface area contributed by atoms with Gasteiger partial charge in [0, 0.05) is 24.1 Å². The first-order valence-electron chi connectivity index (χ1n) is 4.97. The maximum atomic E-state index is 13.7. The number of hydrogen-bond donors (Lipinski definition) is 1. The predicted molar refractivity (Wildman–Crippen MR) is 57.3 cm³/mol. The van der Waals surface area contributed by atoms with Crippen LogP contribution in [0.3, 0.4) is 0 Å². The number of nitrogens with two attached hydrogens (primary N) is 1. The lowest BCUT2D eigenvalue weighted by atomic mass is 9.93. The fraction of sp³-hybridized carbons (Fsp3) is 0.455. The van der Waals surface area contributed by atoms with Crippen molar-refractivity contribution in [2.75, 3.05) is 13.2 Å². The highest BCUT2D eigenvalue weighted by atomic mass is 35.5. The number of halogens is 2. The van der Waals surface area contributed by atoms with Crippen molar-refractivity contribution in [3.8, 4) is 0 Å². The minimum absolute atomic E-state index is 0.127. The van der Waals surface area contributed by atoms with Gasteiger partial charge in [-0.25, -0.2) is 4.39 Å². The monoisotopic (exact) mass is 229 g/mol. The van der Waals surface area contributed by atoms with E-state index in [9.17, 15) is 4.39 Å². The van der Waals surface area contributed by atoms with Crippen molar-refractivity contribution in [2.45, 2.75) is 12.5 Å². The summed E-state index contributed by atoms with van der Waals surface area (Å²) in [4.78, 5) is 0. The fourth-order valence-corrected chi connectivity index (χ4v) is 2.05. The van der Waals surface area contributed by atoms with Crippen LogP contribution in [-0.4, -0.2) is 13.2 Å². The highest BCUT2D eigenvalue weighted by molar-refractivity contribution is 6.30. The van der Waals surface area contributed by atoms with Crippen LogP contribution in [0.4, 0.5) is 4.39 Å². The molecule has 2 rings (SSSR count). The molecule has 1 saturated heterocycles. The van der Waals surface area contributed by atoms with Gasteiger partial charge in [0.2, 0.25) is 0 Å². The minimum atomic E-state index is -0.404. The molecule has 0 saturated carbocycles. The molecule has 1 fully saturated rings. The van der Waals surface area contributed by atoms with E-state index in [1.165, 1.54) is 6.07 Å². The summed E-state index contributed by atoms with van der Waals surface area (Å²) in [7, 11) is 0. The Morgan fingerprint density at radius 2 is 2.33 bits per heavy atom. The summed E-state index contributed by atoms with van der Waals surface area (Å²) in [6, 6.07) is 4.60. The van der Waals surface area contributed by atoms with E-state index in [0.717, 1.165) is 6.42 Å². The molecule has 1 heterocycles. The second kappa shape index (κ2) is 4.47. The Bertz CT molecular complexity index is 352. The predicted octanol–water partition coefficient (Wildman–Crippen LogP) is 2.52. The molecule has 0 amide bonds. The third kappa shape index (κ3) is 2.14. The van der Waals surface area contributed by atoms with E-state index in [-0.39, 0.29) is 17.0 Å². The fourth-order valence-electron chi connectivity index (χ4n) is 1.87. The van der Waals surface area contributed by atoms with Gasteiger partial charge < -0.3 is 10.5 Å². The van der Waals surface area contributed by atoms with Gasteiger partial charge in [-0.15, -0.1) is 0 Å². The summed E-state index contributed by atoms with van der Waals surface area (Å²) >= 11 is 5.70. The second-order valence-electron chi connectivity index (χ2n) is 3.79. The van der Waals surface area contributed by atoms with Crippen LogP contribution in [0.25, 0.3) is 0 Å². The first-order chi connectivity index (χ1) is 7.20. The van der Waals surface area contributed by atoms with Crippen LogP contribution in [0, 0.1) is 11.7 Å². The molecule has 2 nitrogen and oxygen atoms in total. The van der Waals surface area contributed by atoms with E-state index in [1.807, 2.05) is 0 Å². The first-order valence-corrected chi connectivity index (χ1v) is 5.35. The lowest BCUT2D eigenvalue weighted by Crippen LogP contribution is -2.22. The van der Waals surface area contributed by atoms with E-state index in [0.29, 0.717) is 18.8 Å². The number of rotatable bonds is 2. The summed E-state index contributed by atoms with van der Waals surface area (Å²) in [5.74, 6) is -0.212. The summed E-state index contributed by atoms with van der Waals surface area (Å²) in [6.45, 7) is 1.31. The third-order valence-corrected chi connectivity index (χ3v) is 3.11. The third-order valence-electron chi connectivity index (χ3n) is 2.81. The Balaban J connectivity index is 2.24. The Labute approximate surface area is 93.2 Å². The second-order valence-corrected chi connectivity index (χ2v) is 4.20. The van der Waals surface area contributed by atoms with E-state index < -0.39 is 5.82 Å². The molecule has 2 unspecified atom stereocenters. The van der Waals surface area contributed by atoms with Crippen LogP contribution >= 0.6 is 11.6 Å². The molecule has 1 aromatic rings. The number of benzene rings is 1. The molecule has 0 aromatic heterocycles. The van der Waals surface area contributed by atoms with Crippen molar-refractivity contribution in [3.63, 3.8) is 0 Å². The zero-order valence-electron chi connectivity index (χ0n) is 8.25. The van der Waals surface area contributed by atoms with Gasteiger partial charge in [0.25, 0.3) is 0 Å². The average Bonchev–Trinajstić information content (AvgIpc) is 2.74. The number of hydrogen-bond acceptors (Lipinski definition) is 2. The average molecular weight is 230 g/mol. The van der Waals surface area contributed by atoms with Gasteiger partial charge in [-0.2, -0.15) is 0 Å². The van der Waals surface area contributed by atoms with Crippen LogP contribution in [0.15, 0.2) is 18.2 Å². The van der Waals surface area contributed by atoms with Crippen LogP contribution in [0.2, 0.25) is 5.02 Å². The Kier molecular flexibility index (Phi) is 3.24. The molecular formula is C11H13ClFNO. The van der Waals surface area contributed by atoms with Crippen molar-refractivity contribution in [3.05, 3.63) is 34.6 Å². The lowest BCUT2D eigenvalue weighted by molar-refractivity contribution is 0.180. The van der Waals surface area contributed by atoms with Gasteiger partial charge in [0.05, 0.1) is 11.6 Å². The van der Waals surface area contributed by atoms with Gasteiger partial charge in [-0.1, -0.05) is 23.7 Å². The van der Waals surface area contributed by atoms with Gasteiger partial charge >= 0.3 is 0 Å². The van der Waals surface area contributed by atoms with Crippen molar-refractivity contribution < 1.29 is 9.13 Å². The molecule has 0 aliphatic carbocycles. The zero-order chi connectivity index (χ0) is 10.8. The van der Waals surface area contributed by atoms with Gasteiger partial charge in [-0.05, 0) is 12.5 Å². The van der Waals surface area contributed by atoms with Crippen LogP contribution in [0.1, 0.15) is 18.0 Å². The van der Waals surface area contributed by atoms with Crippen LogP contribution in [-0.2, 0) is 4.74 Å². The lowest BCUT2D eigenvalue weighted by Gasteiger charge is -2.18. The van der Waals surface area contributed by atoms with E-state index in [2.05, 4.69) is 0 Å². The van der Waals surface area contributed by atoms with Crippen molar-refractivity contribution in [1.82, 2.24) is 0 Å². The molecule has 15 heavy (non-hydrogen) atoms. The minimum Gasteiger partial charge on any atom is -0.381 e. The maximum absolute atomic E-state index is 13.7. The highest BCUT2D eigenvalue weighted by Crippen LogP contribution is 2.30. The molecule has 82 valence electrons. The van der Waals surface area contributed by atoms with Crippen LogP contribution < -0.4 is 5.73 Å². The molecule has 2 atom stereocenters. The first kappa shape index (κ1) is 10.9. The zero-order valence-corrected chi connectivity index (χ0v) is 9.01. The summed E-state index contributed by atoms with van der Waals surface area (Å²) < 4.78 is 18.9. The Morgan fingerprint density at radius 3 is 3.00 bits per heavy atom. The molecule has 0 bridgehead atoms. The molecular weight excluding hydrogens is 217 g/mol. The summed E-state index contributed by atoms with van der Waals surface area (Å²) in [5, 5.41) is 0.127. The van der Waals surface area contributed by atoms with Gasteiger partial charge in [0.15, 0.2) is 0 Å². The van der Waals surface area contributed by atoms with Crippen molar-refractivity contribution >= 4 is 11.6 Å². The topological polar surface area (TPSA) is 35.2 Å². The molecule has 1 aromatic carbocycles. The van der Waals surface area contributed by atoms with Gasteiger partial charge in [-0.3, -0.25) is 0 Å². The van der Waals surface area contributed by atoms with Crippen molar-refractivity contribution in [1.29, 1.82) is 0 Å². The Morgan fingerprint density at radius 1 is 1.53 bits per heavy atom. The molecule has 1 aliphatic rings. The molecule has 4 heteroatoms. The number of ether oxygens (including phenoxy) is 1. The van der Waals surface area contributed by atoms with E-state index in [4.69, 9.17) is 22.1 Å². The normalized spacial score (nSPS) is 23.0. The molecule has 0 radical (unpaired) electrons. The maximum Gasteiger partial charge on any atom is 0.146 e. The largest absolute Gasteiger partial charge is 0.381 e. The smallest absolute Gasteiger partial charge is 0.146 e. The summed E-state index contributed by atoms with van der Waals surface area (Å²) in [6.07, 6.45) is 0.882. The van der Waals surface area contributed by atoms with E-state index >= 15 is 0 Å². The van der Waals surface area contributed by atoms with E-state index in [1.54, 1.807) is 12.1 Å².